The van der Waals surface area contributed by atoms with Gasteiger partial charge in [-0.25, -0.2) is 0 Å². The second-order valence-electron chi connectivity index (χ2n) is 6.32. The molecule has 1 aliphatic rings. The molecular weight excluding hydrogens is 354 g/mol. The van der Waals surface area contributed by atoms with Gasteiger partial charge in [-0.05, 0) is 38.6 Å². The summed E-state index contributed by atoms with van der Waals surface area (Å²) in [6.07, 6.45) is -0.271. The topological polar surface area (TPSA) is 29.5 Å². The number of likely N-dealkylation sites (N-methyl/N-ethyl adjacent to an activating group) is 1. The van der Waals surface area contributed by atoms with Crippen LogP contribution in [0.25, 0.3) is 0 Å². The smallest absolute Gasteiger partial charge is 0.183 e. The Morgan fingerprint density at radius 2 is 1.70 bits per heavy atom. The maximum atomic E-state index is 13.1. The van der Waals surface area contributed by atoms with Gasteiger partial charge in [0.2, 0.25) is 0 Å². The quantitative estimate of drug-likeness (QED) is 0.744. The Morgan fingerprint density at radius 1 is 1.09 bits per heavy atom. The molecule has 0 N–H and O–H groups in total. The molecule has 1 saturated heterocycles. The molecule has 120 valence electrons. The van der Waals surface area contributed by atoms with Crippen LogP contribution in [0.5, 0.6) is 0 Å². The number of carbonyl (C=O) groups is 1. The largest absolute Gasteiger partial charge is 0.351 e. The molecule has 23 heavy (non-hydrogen) atoms. The standard InChI is InChI=1S/C19H20BrNO2/c1-19(2)21(3)16(17(22)13-9-11-15(20)12-10-13)18(23-19)14-7-5-4-6-8-14/h4-12,16,18H,1-3H3/t16-,18+/m0/s1. The van der Waals surface area contributed by atoms with E-state index in [0.717, 1.165) is 10.0 Å². The molecule has 4 heteroatoms. The summed E-state index contributed by atoms with van der Waals surface area (Å²) in [7, 11) is 1.95. The number of hydrogen-bond donors (Lipinski definition) is 0. The molecule has 0 amide bonds. The fraction of sp³-hybridized carbons (Fsp3) is 0.316. The van der Waals surface area contributed by atoms with Gasteiger partial charge in [0.15, 0.2) is 5.78 Å². The van der Waals surface area contributed by atoms with E-state index in [-0.39, 0.29) is 17.9 Å². The lowest BCUT2D eigenvalue weighted by atomic mass is 9.94. The molecule has 3 rings (SSSR count). The van der Waals surface area contributed by atoms with E-state index in [1.807, 2.05) is 80.4 Å². The molecule has 0 unspecified atom stereocenters. The van der Waals surface area contributed by atoms with E-state index in [1.165, 1.54) is 0 Å². The van der Waals surface area contributed by atoms with Crippen molar-refractivity contribution in [3.05, 3.63) is 70.2 Å². The summed E-state index contributed by atoms with van der Waals surface area (Å²) in [5.74, 6) is 0.0828. The third-order valence-corrected chi connectivity index (χ3v) is 5.02. The Bertz CT molecular complexity index is 697. The van der Waals surface area contributed by atoms with E-state index in [4.69, 9.17) is 4.74 Å². The first-order valence-corrected chi connectivity index (χ1v) is 8.45. The lowest BCUT2D eigenvalue weighted by Gasteiger charge is -2.28. The van der Waals surface area contributed by atoms with Gasteiger partial charge in [0.25, 0.3) is 0 Å². The van der Waals surface area contributed by atoms with Crippen LogP contribution in [0.15, 0.2) is 59.1 Å². The van der Waals surface area contributed by atoms with Gasteiger partial charge in [0.1, 0.15) is 17.9 Å². The fourth-order valence-electron chi connectivity index (χ4n) is 2.99. The molecule has 0 bridgehead atoms. The van der Waals surface area contributed by atoms with Crippen LogP contribution < -0.4 is 0 Å². The van der Waals surface area contributed by atoms with Crippen LogP contribution in [-0.4, -0.2) is 29.5 Å². The van der Waals surface area contributed by atoms with Crippen LogP contribution in [0.1, 0.15) is 35.9 Å². The number of hydrogen-bond acceptors (Lipinski definition) is 3. The molecule has 0 aliphatic carbocycles. The molecular formula is C19H20BrNO2. The van der Waals surface area contributed by atoms with E-state index < -0.39 is 5.72 Å². The van der Waals surface area contributed by atoms with E-state index in [0.29, 0.717) is 5.56 Å². The second-order valence-corrected chi connectivity index (χ2v) is 7.24. The van der Waals surface area contributed by atoms with Crippen molar-refractivity contribution in [2.24, 2.45) is 0 Å². The lowest BCUT2D eigenvalue weighted by Crippen LogP contribution is -2.44. The third-order valence-electron chi connectivity index (χ3n) is 4.49. The van der Waals surface area contributed by atoms with Crippen molar-refractivity contribution in [3.8, 4) is 0 Å². The number of Topliss-reactive ketones (excluding diaryl/α,β-unsaturated/α-hetero) is 1. The summed E-state index contributed by atoms with van der Waals surface area (Å²) in [5.41, 5.74) is 1.24. The molecule has 2 aromatic carbocycles. The van der Waals surface area contributed by atoms with Crippen molar-refractivity contribution in [2.45, 2.75) is 31.7 Å². The Labute approximate surface area is 145 Å². The number of ketones is 1. The SMILES string of the molecule is CN1[C@@H](C(=O)c2ccc(Br)cc2)[C@@H](c2ccccc2)OC1(C)C. The van der Waals surface area contributed by atoms with Gasteiger partial charge in [-0.1, -0.05) is 58.4 Å². The molecule has 2 atom stereocenters. The maximum Gasteiger partial charge on any atom is 0.183 e. The molecule has 1 heterocycles. The van der Waals surface area contributed by atoms with Gasteiger partial charge >= 0.3 is 0 Å². The molecule has 0 aromatic heterocycles. The van der Waals surface area contributed by atoms with E-state index >= 15 is 0 Å². The molecule has 3 nitrogen and oxygen atoms in total. The highest BCUT2D eigenvalue weighted by Crippen LogP contribution is 2.41. The minimum absolute atomic E-state index is 0.0828. The first-order valence-electron chi connectivity index (χ1n) is 7.65. The normalized spacial score (nSPS) is 23.8. The minimum atomic E-state index is -0.490. The molecule has 1 aliphatic heterocycles. The highest BCUT2D eigenvalue weighted by Gasteiger charge is 2.49. The number of nitrogens with zero attached hydrogens (tertiary/aromatic N) is 1. The monoisotopic (exact) mass is 373 g/mol. The Balaban J connectivity index is 1.99. The van der Waals surface area contributed by atoms with Crippen LogP contribution in [0.4, 0.5) is 0 Å². The number of ether oxygens (including phenoxy) is 1. The molecule has 0 saturated carbocycles. The zero-order chi connectivity index (χ0) is 16.6. The molecule has 1 fully saturated rings. The van der Waals surface area contributed by atoms with Crippen molar-refractivity contribution < 1.29 is 9.53 Å². The predicted molar refractivity (Wildman–Crippen MR) is 94.4 cm³/mol. The highest BCUT2D eigenvalue weighted by molar-refractivity contribution is 9.10. The van der Waals surface area contributed by atoms with E-state index in [2.05, 4.69) is 15.9 Å². The van der Waals surface area contributed by atoms with Crippen molar-refractivity contribution in [1.82, 2.24) is 4.90 Å². The summed E-state index contributed by atoms with van der Waals surface area (Å²) < 4.78 is 7.18. The zero-order valence-electron chi connectivity index (χ0n) is 13.5. The summed E-state index contributed by atoms with van der Waals surface area (Å²) >= 11 is 3.41. The number of halogens is 1. The van der Waals surface area contributed by atoms with Gasteiger partial charge in [0, 0.05) is 10.0 Å². The highest BCUT2D eigenvalue weighted by atomic mass is 79.9. The summed E-state index contributed by atoms with van der Waals surface area (Å²) in [6, 6.07) is 17.1. The van der Waals surface area contributed by atoms with Gasteiger partial charge in [0.05, 0.1) is 0 Å². The van der Waals surface area contributed by atoms with Crippen molar-refractivity contribution in [3.63, 3.8) is 0 Å². The number of carbonyl (C=O) groups excluding carboxylic acids is 1. The summed E-state index contributed by atoms with van der Waals surface area (Å²) in [6.45, 7) is 4.00. The van der Waals surface area contributed by atoms with Gasteiger partial charge in [-0.3, -0.25) is 9.69 Å². The van der Waals surface area contributed by atoms with Gasteiger partial charge < -0.3 is 4.74 Å². The van der Waals surface area contributed by atoms with Gasteiger partial charge in [-0.15, -0.1) is 0 Å². The minimum Gasteiger partial charge on any atom is -0.351 e. The Hall–Kier alpha value is -1.49. The van der Waals surface area contributed by atoms with E-state index in [9.17, 15) is 4.79 Å². The fourth-order valence-corrected chi connectivity index (χ4v) is 3.25. The zero-order valence-corrected chi connectivity index (χ0v) is 15.1. The van der Waals surface area contributed by atoms with Gasteiger partial charge in [-0.2, -0.15) is 0 Å². The van der Waals surface area contributed by atoms with Crippen LogP contribution in [-0.2, 0) is 4.74 Å². The van der Waals surface area contributed by atoms with Crippen LogP contribution in [0, 0.1) is 0 Å². The lowest BCUT2D eigenvalue weighted by molar-refractivity contribution is -0.0683. The Morgan fingerprint density at radius 3 is 2.30 bits per heavy atom. The number of benzene rings is 2. The molecule has 0 spiro atoms. The van der Waals surface area contributed by atoms with Crippen molar-refractivity contribution in [2.75, 3.05) is 7.05 Å². The molecule has 0 radical (unpaired) electrons. The average molecular weight is 374 g/mol. The summed E-state index contributed by atoms with van der Waals surface area (Å²) in [5, 5.41) is 0. The number of rotatable bonds is 3. The third kappa shape index (κ3) is 3.11. The molecule has 2 aromatic rings. The van der Waals surface area contributed by atoms with Crippen LogP contribution in [0.3, 0.4) is 0 Å². The average Bonchev–Trinajstić information content (AvgIpc) is 2.79. The first kappa shape index (κ1) is 16.4. The second kappa shape index (κ2) is 6.19. The van der Waals surface area contributed by atoms with Crippen molar-refractivity contribution in [1.29, 1.82) is 0 Å². The Kier molecular flexibility index (Phi) is 4.41. The summed E-state index contributed by atoms with van der Waals surface area (Å²) in [4.78, 5) is 15.1. The van der Waals surface area contributed by atoms with Crippen LogP contribution in [0.2, 0.25) is 0 Å². The first-order chi connectivity index (χ1) is 10.9. The predicted octanol–water partition coefficient (Wildman–Crippen LogP) is 4.44. The van der Waals surface area contributed by atoms with Crippen LogP contribution >= 0.6 is 15.9 Å². The van der Waals surface area contributed by atoms with Crippen molar-refractivity contribution >= 4 is 21.7 Å². The maximum absolute atomic E-state index is 13.1. The van der Waals surface area contributed by atoms with E-state index in [1.54, 1.807) is 0 Å².